The van der Waals surface area contributed by atoms with E-state index in [2.05, 4.69) is 15.6 Å². The molecule has 0 saturated carbocycles. The lowest BCUT2D eigenvalue weighted by atomic mass is 10.2. The van der Waals surface area contributed by atoms with E-state index in [1.807, 2.05) is 18.2 Å². The number of aromatic nitrogens is 1. The van der Waals surface area contributed by atoms with Gasteiger partial charge in [0, 0.05) is 5.69 Å². The van der Waals surface area contributed by atoms with Crippen molar-refractivity contribution >= 4 is 40.2 Å². The highest BCUT2D eigenvalue weighted by atomic mass is 35.5. The van der Waals surface area contributed by atoms with Crippen molar-refractivity contribution in [1.82, 2.24) is 4.98 Å². The molecule has 0 spiro atoms. The summed E-state index contributed by atoms with van der Waals surface area (Å²) in [6.07, 6.45) is 1.63. The molecule has 0 radical (unpaired) electrons. The van der Waals surface area contributed by atoms with Crippen LogP contribution in [0.25, 0.3) is 0 Å². The second-order valence-corrected chi connectivity index (χ2v) is 5.71. The van der Waals surface area contributed by atoms with Crippen molar-refractivity contribution in [2.75, 3.05) is 17.2 Å². The summed E-state index contributed by atoms with van der Waals surface area (Å²) in [7, 11) is 0. The molecule has 1 aliphatic heterocycles. The van der Waals surface area contributed by atoms with E-state index < -0.39 is 0 Å². The maximum absolute atomic E-state index is 11.2. The fraction of sp³-hybridized carbons (Fsp3) is 0.167. The first kappa shape index (κ1) is 12.3. The summed E-state index contributed by atoms with van der Waals surface area (Å²) in [6, 6.07) is 5.55. The Hall–Kier alpha value is -1.79. The van der Waals surface area contributed by atoms with Gasteiger partial charge in [-0.2, -0.15) is 0 Å². The fourth-order valence-electron chi connectivity index (χ4n) is 1.74. The topological polar surface area (TPSA) is 63.2 Å². The number of halogens is 1. The molecule has 2 N–H and O–H groups in total. The molecule has 1 amide bonds. The molecule has 1 aromatic heterocycles. The van der Waals surface area contributed by atoms with E-state index in [1.165, 1.54) is 11.3 Å². The Balaban J connectivity index is 1.71. The molecule has 0 aliphatic carbocycles. The highest BCUT2D eigenvalue weighted by Crippen LogP contribution is 2.30. The molecular formula is C12H10ClN3O2S. The molecule has 0 fully saturated rings. The molecule has 2 heterocycles. The number of fused-ring (bicyclic) bond motifs is 1. The van der Waals surface area contributed by atoms with Gasteiger partial charge in [0.25, 0.3) is 5.91 Å². The fourth-order valence-corrected chi connectivity index (χ4v) is 2.64. The number of rotatable bonds is 3. The number of ether oxygens (including phenoxy) is 1. The predicted octanol–water partition coefficient (Wildman–Crippen LogP) is 2.74. The number of hydrogen-bond acceptors (Lipinski definition) is 5. The van der Waals surface area contributed by atoms with Crippen LogP contribution >= 0.6 is 22.9 Å². The monoisotopic (exact) mass is 295 g/mol. The zero-order valence-corrected chi connectivity index (χ0v) is 11.3. The summed E-state index contributed by atoms with van der Waals surface area (Å²) in [5.74, 6) is 0.541. The molecule has 7 heteroatoms. The van der Waals surface area contributed by atoms with Crippen molar-refractivity contribution in [3.63, 3.8) is 0 Å². The van der Waals surface area contributed by atoms with E-state index in [1.54, 1.807) is 6.20 Å². The van der Waals surface area contributed by atoms with Crippen molar-refractivity contribution in [2.45, 2.75) is 6.54 Å². The van der Waals surface area contributed by atoms with Crippen LogP contribution in [-0.4, -0.2) is 17.5 Å². The van der Waals surface area contributed by atoms with Gasteiger partial charge in [-0.25, -0.2) is 4.98 Å². The van der Waals surface area contributed by atoms with E-state index in [0.29, 0.717) is 22.3 Å². The number of thiazole rings is 1. The zero-order valence-electron chi connectivity index (χ0n) is 9.77. The Morgan fingerprint density at radius 3 is 3.21 bits per heavy atom. The number of carbonyl (C=O) groups excluding carboxylic acids is 1. The lowest BCUT2D eigenvalue weighted by Crippen LogP contribution is -2.25. The molecule has 3 rings (SSSR count). The molecule has 2 aromatic rings. The summed E-state index contributed by atoms with van der Waals surface area (Å²) in [5.41, 5.74) is 1.56. The SMILES string of the molecule is O=C1COc2ccc(NCc3ncc(Cl)s3)cc2N1. The van der Waals surface area contributed by atoms with Gasteiger partial charge in [-0.05, 0) is 18.2 Å². The number of anilines is 2. The lowest BCUT2D eigenvalue weighted by Gasteiger charge is -2.18. The summed E-state index contributed by atoms with van der Waals surface area (Å²) in [5, 5.41) is 6.89. The average molecular weight is 296 g/mol. The number of carbonyl (C=O) groups is 1. The van der Waals surface area contributed by atoms with E-state index >= 15 is 0 Å². The van der Waals surface area contributed by atoms with E-state index in [9.17, 15) is 4.79 Å². The zero-order chi connectivity index (χ0) is 13.2. The maximum Gasteiger partial charge on any atom is 0.262 e. The first-order valence-electron chi connectivity index (χ1n) is 5.61. The van der Waals surface area contributed by atoms with Gasteiger partial charge < -0.3 is 15.4 Å². The molecule has 19 heavy (non-hydrogen) atoms. The van der Waals surface area contributed by atoms with Gasteiger partial charge in [0.05, 0.1) is 18.4 Å². The third-order valence-corrected chi connectivity index (χ3v) is 3.70. The van der Waals surface area contributed by atoms with Gasteiger partial charge in [-0.3, -0.25) is 4.79 Å². The highest BCUT2D eigenvalue weighted by molar-refractivity contribution is 7.15. The number of nitrogens with zero attached hydrogens (tertiary/aromatic N) is 1. The summed E-state index contributed by atoms with van der Waals surface area (Å²) in [4.78, 5) is 15.4. The smallest absolute Gasteiger partial charge is 0.262 e. The molecule has 0 bridgehead atoms. The van der Waals surface area contributed by atoms with Crippen molar-refractivity contribution in [1.29, 1.82) is 0 Å². The Bertz CT molecular complexity index is 629. The molecular weight excluding hydrogens is 286 g/mol. The normalized spacial score (nSPS) is 13.4. The maximum atomic E-state index is 11.2. The predicted molar refractivity (Wildman–Crippen MR) is 75.0 cm³/mol. The highest BCUT2D eigenvalue weighted by Gasteiger charge is 2.15. The van der Waals surface area contributed by atoms with Crippen LogP contribution in [0.1, 0.15) is 5.01 Å². The van der Waals surface area contributed by atoms with Crippen LogP contribution in [-0.2, 0) is 11.3 Å². The second-order valence-electron chi connectivity index (χ2n) is 3.96. The average Bonchev–Trinajstić information content (AvgIpc) is 2.81. The van der Waals surface area contributed by atoms with Gasteiger partial charge in [0.1, 0.15) is 15.1 Å². The van der Waals surface area contributed by atoms with Gasteiger partial charge in [0.2, 0.25) is 0 Å². The third kappa shape index (κ3) is 2.80. The van der Waals surface area contributed by atoms with Crippen molar-refractivity contribution in [3.05, 3.63) is 33.7 Å². The number of amides is 1. The summed E-state index contributed by atoms with van der Waals surface area (Å²) in [6.45, 7) is 0.655. The first-order valence-corrected chi connectivity index (χ1v) is 6.81. The number of benzene rings is 1. The standard InChI is InChI=1S/C12H10ClN3O2S/c13-10-4-15-12(19-10)5-14-7-1-2-9-8(3-7)16-11(17)6-18-9/h1-4,14H,5-6H2,(H,16,17). The molecule has 0 saturated heterocycles. The van der Waals surface area contributed by atoms with Crippen LogP contribution in [0.5, 0.6) is 5.75 Å². The molecule has 98 valence electrons. The summed E-state index contributed by atoms with van der Waals surface area (Å²) >= 11 is 7.25. The van der Waals surface area contributed by atoms with Crippen LogP contribution in [0.15, 0.2) is 24.4 Å². The number of hydrogen-bond donors (Lipinski definition) is 2. The second kappa shape index (κ2) is 5.07. The Kier molecular flexibility index (Phi) is 3.27. The largest absolute Gasteiger partial charge is 0.482 e. The minimum absolute atomic E-state index is 0.0669. The van der Waals surface area contributed by atoms with Crippen LogP contribution in [0.4, 0.5) is 11.4 Å². The van der Waals surface area contributed by atoms with Crippen LogP contribution in [0, 0.1) is 0 Å². The van der Waals surface area contributed by atoms with Gasteiger partial charge in [-0.1, -0.05) is 11.6 Å². The third-order valence-electron chi connectivity index (χ3n) is 2.58. The van der Waals surface area contributed by atoms with Crippen molar-refractivity contribution in [3.8, 4) is 5.75 Å². The van der Waals surface area contributed by atoms with Crippen LogP contribution < -0.4 is 15.4 Å². The molecule has 0 unspecified atom stereocenters. The quantitative estimate of drug-likeness (QED) is 0.914. The minimum atomic E-state index is -0.142. The Labute approximate surface area is 118 Å². The molecule has 1 aliphatic rings. The first-order chi connectivity index (χ1) is 9.20. The van der Waals surface area contributed by atoms with Crippen LogP contribution in [0.3, 0.4) is 0 Å². The van der Waals surface area contributed by atoms with Crippen LogP contribution in [0.2, 0.25) is 4.34 Å². The molecule has 0 atom stereocenters. The molecule has 5 nitrogen and oxygen atoms in total. The van der Waals surface area contributed by atoms with E-state index in [4.69, 9.17) is 16.3 Å². The lowest BCUT2D eigenvalue weighted by molar-refractivity contribution is -0.118. The van der Waals surface area contributed by atoms with E-state index in [0.717, 1.165) is 10.7 Å². The minimum Gasteiger partial charge on any atom is -0.482 e. The Morgan fingerprint density at radius 2 is 2.42 bits per heavy atom. The van der Waals surface area contributed by atoms with E-state index in [-0.39, 0.29) is 12.5 Å². The van der Waals surface area contributed by atoms with Crippen molar-refractivity contribution in [2.24, 2.45) is 0 Å². The Morgan fingerprint density at radius 1 is 1.53 bits per heavy atom. The van der Waals surface area contributed by atoms with Crippen molar-refractivity contribution < 1.29 is 9.53 Å². The van der Waals surface area contributed by atoms with Gasteiger partial charge >= 0.3 is 0 Å². The molecule has 1 aromatic carbocycles. The van der Waals surface area contributed by atoms with Gasteiger partial charge in [0.15, 0.2) is 6.61 Å². The number of nitrogens with one attached hydrogen (secondary N) is 2. The summed E-state index contributed by atoms with van der Waals surface area (Å²) < 4.78 is 5.96. The van der Waals surface area contributed by atoms with Gasteiger partial charge in [-0.15, -0.1) is 11.3 Å².